The van der Waals surface area contributed by atoms with Gasteiger partial charge >= 0.3 is 0 Å². The van der Waals surface area contributed by atoms with Gasteiger partial charge in [0.25, 0.3) is 0 Å². The Labute approximate surface area is 685 Å². The van der Waals surface area contributed by atoms with E-state index < -0.39 is 39.5 Å². The summed E-state index contributed by atoms with van der Waals surface area (Å²) in [5, 5.41) is 0. The van der Waals surface area contributed by atoms with Crippen LogP contribution in [0.2, 0.25) is 0 Å². The van der Waals surface area contributed by atoms with Crippen LogP contribution in [0.25, 0.3) is 68.3 Å². The van der Waals surface area contributed by atoms with Crippen molar-refractivity contribution in [2.75, 3.05) is 4.90 Å². The second-order valence-corrected chi connectivity index (χ2v) is 31.7. The predicted molar refractivity (Wildman–Crippen MR) is 472 cm³/mol. The van der Waals surface area contributed by atoms with Gasteiger partial charge in [-0.3, -0.25) is 0 Å². The van der Waals surface area contributed by atoms with E-state index in [1.165, 1.54) is 24.3 Å². The maximum absolute atomic E-state index is 16.5. The Bertz CT molecular complexity index is 6820. The molecule has 0 N–H and O–H groups in total. The van der Waals surface area contributed by atoms with Crippen LogP contribution in [-0.4, -0.2) is 0 Å². The highest BCUT2D eigenvalue weighted by molar-refractivity contribution is 6.00. The van der Waals surface area contributed by atoms with E-state index in [2.05, 4.69) is 331 Å². The lowest BCUT2D eigenvalue weighted by Crippen LogP contribution is -2.30. The quantitative estimate of drug-likeness (QED) is 0.0631. The number of aryl methyl sites for hydroxylation is 4. The van der Waals surface area contributed by atoms with Gasteiger partial charge in [0, 0.05) is 23.1 Å². The molecule has 4 aliphatic rings. The van der Waals surface area contributed by atoms with Crippen LogP contribution < -0.4 is 14.4 Å². The molecule has 16 aromatic rings. The van der Waals surface area contributed by atoms with Crippen LogP contribution in [0.1, 0.15) is 128 Å². The van der Waals surface area contributed by atoms with Gasteiger partial charge in [0.1, 0.15) is 24.7 Å². The summed E-state index contributed by atoms with van der Waals surface area (Å²) in [6.45, 7) is 17.3. The SMILES string of the molecule is C=Cc1ccc(COc2ccc(C3(c4cc(C)ccc4C)c4ccccc4-c4ccc(/C(=C/c5ccc6c(c5)C5(c7ccccc7-6)c6ccccc6-c6ccc(N(c7ccc(F)c(F)c7)c7ccc8c(c7)C(c7ccc(OCc9ccc(C=C)cc9)cc7)(c7cc(C)ccc7C)c7ccccc7-8)cc65)c5ccc(F)c(F)c5)cc43)cc2)cc1. The summed E-state index contributed by atoms with van der Waals surface area (Å²) in [5.74, 6) is -2.38. The van der Waals surface area contributed by atoms with Crippen LogP contribution in [-0.2, 0) is 29.5 Å². The minimum atomic E-state index is -0.978. The number of nitrogens with zero attached hydrogens (tertiary/aromatic N) is 1. The third-order valence-electron chi connectivity index (χ3n) is 25.1. The van der Waals surface area contributed by atoms with Crippen LogP contribution in [0, 0.1) is 51.0 Å². The number of halogens is 4. The molecule has 568 valence electrons. The monoisotopic (exact) mass is 1530 g/mol. The van der Waals surface area contributed by atoms with E-state index in [0.29, 0.717) is 30.0 Å². The van der Waals surface area contributed by atoms with Crippen molar-refractivity contribution in [3.63, 3.8) is 0 Å². The molecular weight excluding hydrogens is 1460 g/mol. The minimum absolute atomic E-state index is 0.386. The Kier molecular flexibility index (Phi) is 17.7. The number of anilines is 3. The van der Waals surface area contributed by atoms with Crippen molar-refractivity contribution in [1.82, 2.24) is 0 Å². The third-order valence-corrected chi connectivity index (χ3v) is 25.1. The van der Waals surface area contributed by atoms with Crippen LogP contribution in [0.15, 0.2) is 353 Å². The van der Waals surface area contributed by atoms with E-state index in [-0.39, 0.29) is 0 Å². The number of hydrogen-bond donors (Lipinski definition) is 0. The molecule has 3 unspecified atom stereocenters. The average Bonchev–Trinajstić information content (AvgIpc) is 1.50. The first-order valence-corrected chi connectivity index (χ1v) is 40.1. The molecule has 20 rings (SSSR count). The van der Waals surface area contributed by atoms with Gasteiger partial charge in [-0.15, -0.1) is 0 Å². The Morgan fingerprint density at radius 3 is 1.11 bits per heavy atom. The zero-order valence-corrected chi connectivity index (χ0v) is 65.7. The molecule has 7 heteroatoms. The Hall–Kier alpha value is -14.1. The molecule has 118 heavy (non-hydrogen) atoms. The van der Waals surface area contributed by atoms with Crippen molar-refractivity contribution in [2.24, 2.45) is 0 Å². The average molecular weight is 1530 g/mol. The molecule has 0 fully saturated rings. The van der Waals surface area contributed by atoms with Gasteiger partial charge < -0.3 is 14.4 Å². The highest BCUT2D eigenvalue weighted by atomic mass is 19.2. The fraction of sp³-hybridized carbons (Fsp3) is 0.0811. The molecule has 0 heterocycles. The van der Waals surface area contributed by atoms with Gasteiger partial charge in [-0.2, -0.15) is 0 Å². The molecule has 0 bridgehead atoms. The summed E-state index contributed by atoms with van der Waals surface area (Å²) in [6, 6.07) is 116. The van der Waals surface area contributed by atoms with Crippen molar-refractivity contribution < 1.29 is 27.0 Å². The molecule has 4 aliphatic carbocycles. The molecule has 16 aromatic carbocycles. The van der Waals surface area contributed by atoms with Crippen molar-refractivity contribution in [2.45, 2.75) is 57.2 Å². The molecule has 0 aromatic heterocycles. The maximum Gasteiger partial charge on any atom is 0.160 e. The fourth-order valence-corrected chi connectivity index (χ4v) is 19.7. The smallest absolute Gasteiger partial charge is 0.160 e. The number of ether oxygens (including phenoxy) is 2. The molecule has 0 radical (unpaired) electrons. The maximum atomic E-state index is 16.5. The summed E-state index contributed by atoms with van der Waals surface area (Å²) in [4.78, 5) is 2.07. The van der Waals surface area contributed by atoms with Crippen LogP contribution in [0.5, 0.6) is 11.5 Å². The lowest BCUT2D eigenvalue weighted by atomic mass is 9.66. The van der Waals surface area contributed by atoms with Gasteiger partial charge in [-0.25, -0.2) is 17.6 Å². The van der Waals surface area contributed by atoms with E-state index in [1.54, 1.807) is 12.1 Å². The van der Waals surface area contributed by atoms with Gasteiger partial charge in [0.05, 0.1) is 16.2 Å². The van der Waals surface area contributed by atoms with Gasteiger partial charge in [-0.05, 0) is 286 Å². The van der Waals surface area contributed by atoms with Crippen LogP contribution >= 0.6 is 0 Å². The number of fused-ring (bicyclic) bond motifs is 16. The normalized spacial score (nSPS) is 16.1. The highest BCUT2D eigenvalue weighted by Crippen LogP contribution is 2.65. The van der Waals surface area contributed by atoms with Crippen molar-refractivity contribution >= 4 is 40.9 Å². The molecule has 3 atom stereocenters. The highest BCUT2D eigenvalue weighted by Gasteiger charge is 2.53. The Balaban J connectivity index is 0.756. The molecule has 0 saturated heterocycles. The van der Waals surface area contributed by atoms with Gasteiger partial charge in [0.15, 0.2) is 23.3 Å². The predicted octanol–water partition coefficient (Wildman–Crippen LogP) is 28.0. The van der Waals surface area contributed by atoms with E-state index in [1.807, 2.05) is 36.4 Å². The summed E-state index contributed by atoms with van der Waals surface area (Å²) >= 11 is 0. The zero-order valence-electron chi connectivity index (χ0n) is 65.7. The molecular formula is C111H79F4NO2. The first kappa shape index (κ1) is 72.8. The topological polar surface area (TPSA) is 21.7 Å². The molecule has 0 saturated carbocycles. The lowest BCUT2D eigenvalue weighted by Gasteiger charge is -2.36. The van der Waals surface area contributed by atoms with Crippen LogP contribution in [0.4, 0.5) is 34.6 Å². The van der Waals surface area contributed by atoms with Crippen molar-refractivity contribution in [1.29, 1.82) is 0 Å². The van der Waals surface area contributed by atoms with E-state index >= 15 is 17.6 Å². The van der Waals surface area contributed by atoms with Crippen molar-refractivity contribution in [3.05, 3.63) is 504 Å². The summed E-state index contributed by atoms with van der Waals surface area (Å²) in [7, 11) is 0. The van der Waals surface area contributed by atoms with Gasteiger partial charge in [0.2, 0.25) is 0 Å². The number of hydrogen-bond acceptors (Lipinski definition) is 3. The second kappa shape index (κ2) is 28.7. The lowest BCUT2D eigenvalue weighted by molar-refractivity contribution is 0.306. The van der Waals surface area contributed by atoms with E-state index in [0.717, 1.165) is 190 Å². The largest absolute Gasteiger partial charge is 0.489 e. The first-order chi connectivity index (χ1) is 57.6. The molecule has 0 aliphatic heterocycles. The third kappa shape index (κ3) is 11.5. The molecule has 0 amide bonds. The zero-order chi connectivity index (χ0) is 80.3. The standard InChI is InChI=1S/C111H79F4NO2/c1-7-72-29-33-74(34-30-72)66-117-84-47-40-79(41-48-84)109(99-57-68(3)25-27-70(99)5)95-21-13-9-17-86(95)91-52-38-77(61-102(91)109)94(78-39-55-105(112)107(114)62-78)59-76-37-51-90-88-19-11-15-23-97(88)111(101(90)60-76)98-24-16-12-20-89(98)93-54-45-82(64-104(93)111)116(83-46-56-106(113)108(115)65-83)81-44-53-92-87-18-10-14-22-96(87)110(103(92)63-81,100-58-69(4)26-28-71(100)6)80-42-49-85(50-43-80)118-67-75-35-31-73(8-2)32-36-75/h7-65H,1-2,66-67H2,3-6H3/b94-59-. The fourth-order valence-electron chi connectivity index (χ4n) is 19.7. The molecule has 3 nitrogen and oxygen atoms in total. The first-order valence-electron chi connectivity index (χ1n) is 40.1. The number of rotatable bonds is 18. The van der Waals surface area contributed by atoms with Crippen LogP contribution in [0.3, 0.4) is 0 Å². The van der Waals surface area contributed by atoms with Crippen molar-refractivity contribution in [3.8, 4) is 56.0 Å². The van der Waals surface area contributed by atoms with Gasteiger partial charge in [-0.1, -0.05) is 285 Å². The molecule has 1 spiro atoms. The second-order valence-electron chi connectivity index (χ2n) is 31.7. The Morgan fingerprint density at radius 2 is 0.653 bits per heavy atom. The number of benzene rings is 16. The summed E-state index contributed by atoms with van der Waals surface area (Å²) < 4.78 is 77.2. The minimum Gasteiger partial charge on any atom is -0.489 e. The van der Waals surface area contributed by atoms with E-state index in [9.17, 15) is 0 Å². The Morgan fingerprint density at radius 1 is 0.297 bits per heavy atom. The summed E-state index contributed by atoms with van der Waals surface area (Å²) in [6.07, 6.45) is 5.80. The van der Waals surface area contributed by atoms with E-state index in [4.69, 9.17) is 9.47 Å². The summed E-state index contributed by atoms with van der Waals surface area (Å²) in [5.41, 5.74) is 32.0.